The number of rotatable bonds is 5. The van der Waals surface area contributed by atoms with Crippen LogP contribution in [0.3, 0.4) is 0 Å². The van der Waals surface area contributed by atoms with Crippen LogP contribution in [0.15, 0.2) is 48.8 Å². The molecule has 0 aliphatic carbocycles. The van der Waals surface area contributed by atoms with Crippen LogP contribution in [0, 0.1) is 0 Å². The molecule has 0 aliphatic heterocycles. The number of hydrogen-bond acceptors (Lipinski definition) is 2. The summed E-state index contributed by atoms with van der Waals surface area (Å²) < 4.78 is 0. The molecule has 2 nitrogen and oxygen atoms in total. The van der Waals surface area contributed by atoms with Crippen molar-refractivity contribution in [3.8, 4) is 0 Å². The summed E-state index contributed by atoms with van der Waals surface area (Å²) in [4.78, 5) is 4.00. The number of aryl methyl sites for hydroxylation is 1. The molecule has 94 valence electrons. The summed E-state index contributed by atoms with van der Waals surface area (Å²) in [5.41, 5.74) is 8.63. The Hall–Kier alpha value is -1.38. The lowest BCUT2D eigenvalue weighted by molar-refractivity contribution is 0.610. The molecule has 1 atom stereocenters. The van der Waals surface area contributed by atoms with Crippen molar-refractivity contribution in [3.05, 3.63) is 64.9 Å². The summed E-state index contributed by atoms with van der Waals surface area (Å²) in [6.45, 7) is 0. The van der Waals surface area contributed by atoms with Gasteiger partial charge < -0.3 is 5.73 Å². The van der Waals surface area contributed by atoms with E-state index in [0.29, 0.717) is 0 Å². The number of halogens is 1. The summed E-state index contributed by atoms with van der Waals surface area (Å²) in [6.07, 6.45) is 6.46. The Balaban J connectivity index is 1.84. The minimum atomic E-state index is 0.164. The Bertz CT molecular complexity index is 485. The van der Waals surface area contributed by atoms with Crippen LogP contribution in [0.25, 0.3) is 0 Å². The zero-order chi connectivity index (χ0) is 12.8. The molecule has 1 unspecified atom stereocenters. The molecule has 0 radical (unpaired) electrons. The van der Waals surface area contributed by atoms with Gasteiger partial charge in [0.25, 0.3) is 0 Å². The van der Waals surface area contributed by atoms with Gasteiger partial charge in [0.05, 0.1) is 0 Å². The largest absolute Gasteiger partial charge is 0.327 e. The average molecular weight is 261 g/mol. The fourth-order valence-corrected chi connectivity index (χ4v) is 2.18. The number of hydrogen-bond donors (Lipinski definition) is 1. The van der Waals surface area contributed by atoms with Crippen molar-refractivity contribution in [2.45, 2.75) is 25.3 Å². The van der Waals surface area contributed by atoms with Crippen molar-refractivity contribution >= 4 is 11.6 Å². The number of pyridine rings is 1. The van der Waals surface area contributed by atoms with E-state index in [1.54, 1.807) is 0 Å². The number of aromatic nitrogens is 1. The van der Waals surface area contributed by atoms with Gasteiger partial charge in [0, 0.05) is 23.5 Å². The van der Waals surface area contributed by atoms with Crippen LogP contribution in [0.5, 0.6) is 0 Å². The second-order valence-corrected chi connectivity index (χ2v) is 4.92. The summed E-state index contributed by atoms with van der Waals surface area (Å²) in [5.74, 6) is 0. The van der Waals surface area contributed by atoms with E-state index >= 15 is 0 Å². The molecule has 0 fully saturated rings. The summed E-state index contributed by atoms with van der Waals surface area (Å²) in [5, 5.41) is 0.772. The third kappa shape index (κ3) is 4.13. The molecular weight excluding hydrogens is 244 g/mol. The lowest BCUT2D eigenvalue weighted by atomic mass is 10.0. The van der Waals surface area contributed by atoms with Crippen LogP contribution < -0.4 is 5.73 Å². The molecule has 0 saturated heterocycles. The standard InChI is InChI=1S/C15H17ClN2/c16-14-3-1-2-13(10-14)11-15(17)5-4-12-6-8-18-9-7-12/h1-3,6-10,15H,4-5,11,17H2. The van der Waals surface area contributed by atoms with Crippen LogP contribution in [0.1, 0.15) is 17.5 Å². The van der Waals surface area contributed by atoms with E-state index in [1.807, 2.05) is 42.7 Å². The van der Waals surface area contributed by atoms with Crippen LogP contribution in [0.2, 0.25) is 5.02 Å². The molecule has 1 aromatic heterocycles. The highest BCUT2D eigenvalue weighted by Gasteiger charge is 2.05. The Kier molecular flexibility index (Phi) is 4.73. The molecule has 2 rings (SSSR count). The normalized spacial score (nSPS) is 12.3. The molecule has 2 aromatic rings. The third-order valence-corrected chi connectivity index (χ3v) is 3.18. The Morgan fingerprint density at radius 2 is 1.89 bits per heavy atom. The Morgan fingerprint density at radius 3 is 2.61 bits per heavy atom. The van der Waals surface area contributed by atoms with E-state index in [9.17, 15) is 0 Å². The van der Waals surface area contributed by atoms with E-state index in [4.69, 9.17) is 17.3 Å². The zero-order valence-corrected chi connectivity index (χ0v) is 11.0. The third-order valence-electron chi connectivity index (χ3n) is 2.94. The lowest BCUT2D eigenvalue weighted by Crippen LogP contribution is -2.23. The maximum Gasteiger partial charge on any atom is 0.0408 e. The van der Waals surface area contributed by atoms with Gasteiger partial charge in [0.1, 0.15) is 0 Å². The summed E-state index contributed by atoms with van der Waals surface area (Å²) in [6, 6.07) is 12.1. The minimum Gasteiger partial charge on any atom is -0.327 e. The molecule has 18 heavy (non-hydrogen) atoms. The topological polar surface area (TPSA) is 38.9 Å². The number of nitrogens with two attached hydrogens (primary N) is 1. The molecule has 1 heterocycles. The highest BCUT2D eigenvalue weighted by Crippen LogP contribution is 2.13. The highest BCUT2D eigenvalue weighted by atomic mass is 35.5. The number of nitrogens with zero attached hydrogens (tertiary/aromatic N) is 1. The van der Waals surface area contributed by atoms with Crippen molar-refractivity contribution in [2.75, 3.05) is 0 Å². The summed E-state index contributed by atoms with van der Waals surface area (Å²) in [7, 11) is 0. The summed E-state index contributed by atoms with van der Waals surface area (Å²) >= 11 is 5.95. The van der Waals surface area contributed by atoms with E-state index in [0.717, 1.165) is 24.3 Å². The SMILES string of the molecule is NC(CCc1ccncc1)Cc1cccc(Cl)c1. The quantitative estimate of drug-likeness (QED) is 0.896. The van der Waals surface area contributed by atoms with Crippen molar-refractivity contribution in [1.82, 2.24) is 4.98 Å². The molecule has 1 aromatic carbocycles. The van der Waals surface area contributed by atoms with E-state index < -0.39 is 0 Å². The van der Waals surface area contributed by atoms with E-state index in [-0.39, 0.29) is 6.04 Å². The molecule has 3 heteroatoms. The molecule has 2 N–H and O–H groups in total. The maximum absolute atomic E-state index is 6.14. The van der Waals surface area contributed by atoms with Gasteiger partial charge in [-0.1, -0.05) is 23.7 Å². The predicted molar refractivity (Wildman–Crippen MR) is 75.7 cm³/mol. The van der Waals surface area contributed by atoms with Crippen molar-refractivity contribution in [1.29, 1.82) is 0 Å². The van der Waals surface area contributed by atoms with Crippen molar-refractivity contribution < 1.29 is 0 Å². The zero-order valence-electron chi connectivity index (χ0n) is 10.2. The van der Waals surface area contributed by atoms with Crippen LogP contribution in [-0.2, 0) is 12.8 Å². The molecular formula is C15H17ClN2. The van der Waals surface area contributed by atoms with E-state index in [1.165, 1.54) is 11.1 Å². The average Bonchev–Trinajstić information content (AvgIpc) is 2.38. The molecule has 0 aliphatic rings. The van der Waals surface area contributed by atoms with Crippen LogP contribution in [0.4, 0.5) is 0 Å². The Morgan fingerprint density at radius 1 is 1.11 bits per heavy atom. The first-order chi connectivity index (χ1) is 8.74. The first-order valence-corrected chi connectivity index (χ1v) is 6.51. The van der Waals surface area contributed by atoms with Gasteiger partial charge in [-0.3, -0.25) is 4.98 Å². The molecule has 0 bridgehead atoms. The van der Waals surface area contributed by atoms with Gasteiger partial charge >= 0.3 is 0 Å². The van der Waals surface area contributed by atoms with Crippen LogP contribution in [-0.4, -0.2) is 11.0 Å². The fourth-order valence-electron chi connectivity index (χ4n) is 1.97. The van der Waals surface area contributed by atoms with E-state index in [2.05, 4.69) is 11.1 Å². The Labute approximate surface area is 113 Å². The monoisotopic (exact) mass is 260 g/mol. The highest BCUT2D eigenvalue weighted by molar-refractivity contribution is 6.30. The van der Waals surface area contributed by atoms with Gasteiger partial charge in [0.2, 0.25) is 0 Å². The van der Waals surface area contributed by atoms with Gasteiger partial charge in [-0.15, -0.1) is 0 Å². The first-order valence-electron chi connectivity index (χ1n) is 6.13. The predicted octanol–water partition coefficient (Wildman–Crippen LogP) is 3.24. The fraction of sp³-hybridized carbons (Fsp3) is 0.267. The van der Waals surface area contributed by atoms with Crippen molar-refractivity contribution in [2.24, 2.45) is 5.73 Å². The van der Waals surface area contributed by atoms with Gasteiger partial charge in [-0.2, -0.15) is 0 Å². The second-order valence-electron chi connectivity index (χ2n) is 4.49. The second kappa shape index (κ2) is 6.53. The minimum absolute atomic E-state index is 0.164. The molecule has 0 amide bonds. The van der Waals surface area contributed by atoms with Gasteiger partial charge in [-0.05, 0) is 54.7 Å². The van der Waals surface area contributed by atoms with Crippen molar-refractivity contribution in [3.63, 3.8) is 0 Å². The molecule has 0 saturated carbocycles. The lowest BCUT2D eigenvalue weighted by Gasteiger charge is -2.11. The van der Waals surface area contributed by atoms with Crippen LogP contribution >= 0.6 is 11.6 Å². The first kappa shape index (κ1) is 13.1. The molecule has 0 spiro atoms. The smallest absolute Gasteiger partial charge is 0.0408 e. The maximum atomic E-state index is 6.14. The van der Waals surface area contributed by atoms with Gasteiger partial charge in [0.15, 0.2) is 0 Å². The van der Waals surface area contributed by atoms with Gasteiger partial charge in [-0.25, -0.2) is 0 Å². The number of benzene rings is 1.